The Balaban J connectivity index is 1.29. The molecule has 8 nitrogen and oxygen atoms in total. The van der Waals surface area contributed by atoms with Gasteiger partial charge in [-0.1, -0.05) is 24.3 Å². The number of phenols is 1. The van der Waals surface area contributed by atoms with E-state index in [1.54, 1.807) is 67.4 Å². The third-order valence-corrected chi connectivity index (χ3v) is 7.74. The summed E-state index contributed by atoms with van der Waals surface area (Å²) in [6.07, 6.45) is -0.598. The molecule has 10 heteroatoms. The molecule has 0 saturated carbocycles. The predicted octanol–water partition coefficient (Wildman–Crippen LogP) is 7.19. The Kier molecular flexibility index (Phi) is 7.44. The molecule has 1 aliphatic heterocycles. The standard InChI is InChI=1S/C30H28ClN3O5S/c1-30(2,3)39-29(38)33-20-12-25(40-16-20)27(36)32-19-10-8-17(9-11-19)28(37)34-15-18(14-31)26-22-7-5-4-6-21(22)24(35)13-23(26)34/h4-13,16,18,35H,14-15H2,1-3H3,(H,32,36)(H,33,38)/t18-/m1/s1. The zero-order chi connectivity index (χ0) is 28.6. The summed E-state index contributed by atoms with van der Waals surface area (Å²) in [5.74, 6) is -0.183. The third kappa shape index (κ3) is 5.61. The molecule has 40 heavy (non-hydrogen) atoms. The molecule has 3 N–H and O–H groups in total. The van der Waals surface area contributed by atoms with Crippen LogP contribution in [0.4, 0.5) is 21.9 Å². The lowest BCUT2D eigenvalue weighted by atomic mass is 9.95. The minimum absolute atomic E-state index is 0.0647. The topological polar surface area (TPSA) is 108 Å². The van der Waals surface area contributed by atoms with Gasteiger partial charge in [-0.2, -0.15) is 0 Å². The highest BCUT2D eigenvalue weighted by Gasteiger charge is 2.34. The van der Waals surface area contributed by atoms with Gasteiger partial charge in [-0.15, -0.1) is 22.9 Å². The third-order valence-electron chi connectivity index (χ3n) is 6.43. The maximum atomic E-state index is 13.5. The van der Waals surface area contributed by atoms with Gasteiger partial charge in [0.05, 0.1) is 16.3 Å². The van der Waals surface area contributed by atoms with Crippen LogP contribution in [0.15, 0.2) is 66.0 Å². The zero-order valence-electron chi connectivity index (χ0n) is 22.2. The number of thiophene rings is 1. The number of alkyl halides is 1. The van der Waals surface area contributed by atoms with Gasteiger partial charge in [0.2, 0.25) is 0 Å². The zero-order valence-corrected chi connectivity index (χ0v) is 23.7. The highest BCUT2D eigenvalue weighted by atomic mass is 35.5. The van der Waals surface area contributed by atoms with E-state index in [0.29, 0.717) is 39.9 Å². The lowest BCUT2D eigenvalue weighted by molar-refractivity contribution is 0.0635. The molecule has 1 atom stereocenters. The van der Waals surface area contributed by atoms with E-state index >= 15 is 0 Å². The molecule has 4 aromatic rings. The van der Waals surface area contributed by atoms with Gasteiger partial charge in [-0.25, -0.2) is 4.79 Å². The van der Waals surface area contributed by atoms with Crippen molar-refractivity contribution < 1.29 is 24.2 Å². The average Bonchev–Trinajstić information content (AvgIpc) is 3.52. The van der Waals surface area contributed by atoms with Crippen LogP contribution in [-0.2, 0) is 4.74 Å². The first-order valence-corrected chi connectivity index (χ1v) is 14.1. The molecule has 0 fully saturated rings. The number of hydrogen-bond acceptors (Lipinski definition) is 6. The van der Waals surface area contributed by atoms with Crippen LogP contribution in [0.2, 0.25) is 0 Å². The molecule has 0 radical (unpaired) electrons. The van der Waals surface area contributed by atoms with Crippen molar-refractivity contribution in [3.63, 3.8) is 0 Å². The minimum atomic E-state index is -0.631. The van der Waals surface area contributed by atoms with Crippen LogP contribution in [0, 0.1) is 0 Å². The van der Waals surface area contributed by atoms with Crippen LogP contribution in [0.1, 0.15) is 52.3 Å². The van der Waals surface area contributed by atoms with Gasteiger partial charge in [-0.3, -0.25) is 14.9 Å². The number of halogens is 1. The Morgan fingerprint density at radius 2 is 1.73 bits per heavy atom. The maximum absolute atomic E-state index is 13.5. The second kappa shape index (κ2) is 10.8. The number of amides is 3. The fourth-order valence-electron chi connectivity index (χ4n) is 4.73. The number of carbonyl (C=O) groups is 3. The Bertz CT molecular complexity index is 1610. The van der Waals surface area contributed by atoms with Crippen LogP contribution >= 0.6 is 22.9 Å². The van der Waals surface area contributed by atoms with Crippen molar-refractivity contribution in [2.45, 2.75) is 32.3 Å². The summed E-state index contributed by atoms with van der Waals surface area (Å²) in [4.78, 5) is 40.3. The van der Waals surface area contributed by atoms with E-state index < -0.39 is 11.7 Å². The molecule has 5 rings (SSSR count). The molecule has 206 valence electrons. The number of anilines is 3. The number of nitrogens with one attached hydrogen (secondary N) is 2. The summed E-state index contributed by atoms with van der Waals surface area (Å²) in [6.45, 7) is 5.71. The molecular formula is C30H28ClN3O5S. The molecule has 2 heterocycles. The number of phenolic OH excluding ortho intramolecular Hbond substituents is 1. The minimum Gasteiger partial charge on any atom is -0.507 e. The van der Waals surface area contributed by atoms with Gasteiger partial charge >= 0.3 is 6.09 Å². The quantitative estimate of drug-likeness (QED) is 0.218. The van der Waals surface area contributed by atoms with E-state index in [2.05, 4.69) is 10.6 Å². The van der Waals surface area contributed by atoms with Crippen molar-refractivity contribution in [3.8, 4) is 5.75 Å². The number of hydrogen-bond donors (Lipinski definition) is 3. The first-order chi connectivity index (χ1) is 19.0. The van der Waals surface area contributed by atoms with Crippen molar-refractivity contribution in [2.24, 2.45) is 0 Å². The number of ether oxygens (including phenoxy) is 1. The lowest BCUT2D eigenvalue weighted by Crippen LogP contribution is -2.30. The van der Waals surface area contributed by atoms with E-state index in [-0.39, 0.29) is 23.5 Å². The van der Waals surface area contributed by atoms with Crippen molar-refractivity contribution in [1.29, 1.82) is 0 Å². The van der Waals surface area contributed by atoms with Gasteiger partial charge in [-0.05, 0) is 62.1 Å². The summed E-state index contributed by atoms with van der Waals surface area (Å²) in [5, 5.41) is 19.3. The van der Waals surface area contributed by atoms with Crippen LogP contribution < -0.4 is 15.5 Å². The van der Waals surface area contributed by atoms with Gasteiger partial charge in [0, 0.05) is 46.4 Å². The van der Waals surface area contributed by atoms with Crippen molar-refractivity contribution in [1.82, 2.24) is 0 Å². The molecule has 1 aromatic heterocycles. The fraction of sp³-hybridized carbons (Fsp3) is 0.233. The summed E-state index contributed by atoms with van der Waals surface area (Å²) in [7, 11) is 0. The van der Waals surface area contributed by atoms with Crippen LogP contribution in [0.25, 0.3) is 10.8 Å². The van der Waals surface area contributed by atoms with Crippen LogP contribution in [0.5, 0.6) is 5.75 Å². The lowest BCUT2D eigenvalue weighted by Gasteiger charge is -2.19. The van der Waals surface area contributed by atoms with Gasteiger partial charge in [0.25, 0.3) is 11.8 Å². The molecule has 3 amide bonds. The first-order valence-electron chi connectivity index (χ1n) is 12.7. The van der Waals surface area contributed by atoms with Gasteiger partial charge < -0.3 is 20.1 Å². The summed E-state index contributed by atoms with van der Waals surface area (Å²) in [6, 6.07) is 17.4. The second-order valence-corrected chi connectivity index (χ2v) is 11.7. The Morgan fingerprint density at radius 1 is 1.02 bits per heavy atom. The van der Waals surface area contributed by atoms with Crippen molar-refractivity contribution >= 4 is 68.7 Å². The summed E-state index contributed by atoms with van der Waals surface area (Å²) >= 11 is 7.48. The number of benzene rings is 3. The average molecular weight is 578 g/mol. The van der Waals surface area contributed by atoms with E-state index in [9.17, 15) is 19.5 Å². The largest absolute Gasteiger partial charge is 0.507 e. The number of rotatable bonds is 5. The summed E-state index contributed by atoms with van der Waals surface area (Å²) < 4.78 is 5.23. The van der Waals surface area contributed by atoms with Crippen molar-refractivity contribution in [2.75, 3.05) is 28.0 Å². The van der Waals surface area contributed by atoms with E-state index in [4.69, 9.17) is 16.3 Å². The number of fused-ring (bicyclic) bond motifs is 3. The molecule has 0 saturated heterocycles. The SMILES string of the molecule is CC(C)(C)OC(=O)Nc1csc(C(=O)Nc2ccc(C(=O)N3C[C@@H](CCl)c4c3cc(O)c3ccccc43)cc2)c1. The number of carbonyl (C=O) groups excluding carboxylic acids is 3. The Morgan fingerprint density at radius 3 is 2.40 bits per heavy atom. The maximum Gasteiger partial charge on any atom is 0.412 e. The smallest absolute Gasteiger partial charge is 0.412 e. The predicted molar refractivity (Wildman–Crippen MR) is 159 cm³/mol. The van der Waals surface area contributed by atoms with E-state index in [1.807, 2.05) is 24.3 Å². The highest BCUT2D eigenvalue weighted by Crippen LogP contribution is 2.45. The molecule has 1 aliphatic rings. The molecule has 0 bridgehead atoms. The Labute approximate surface area is 240 Å². The second-order valence-electron chi connectivity index (χ2n) is 10.5. The molecule has 3 aromatic carbocycles. The summed E-state index contributed by atoms with van der Waals surface area (Å²) in [5.41, 5.74) is 2.39. The first kappa shape index (κ1) is 27.5. The molecular weight excluding hydrogens is 550 g/mol. The normalized spacial score (nSPS) is 14.6. The molecule has 0 aliphatic carbocycles. The van der Waals surface area contributed by atoms with Crippen molar-refractivity contribution in [3.05, 3.63) is 82.0 Å². The fourth-order valence-corrected chi connectivity index (χ4v) is 5.72. The monoisotopic (exact) mass is 577 g/mol. The van der Waals surface area contributed by atoms with E-state index in [0.717, 1.165) is 16.3 Å². The number of aromatic hydroxyl groups is 1. The van der Waals surface area contributed by atoms with Crippen LogP contribution in [-0.4, -0.2) is 41.0 Å². The highest BCUT2D eigenvalue weighted by molar-refractivity contribution is 7.12. The number of nitrogens with zero attached hydrogens (tertiary/aromatic N) is 1. The Hall–Kier alpha value is -4.08. The van der Waals surface area contributed by atoms with Gasteiger partial charge in [0.1, 0.15) is 11.4 Å². The van der Waals surface area contributed by atoms with Crippen LogP contribution in [0.3, 0.4) is 0 Å². The van der Waals surface area contributed by atoms with E-state index in [1.165, 1.54) is 11.3 Å². The molecule has 0 unspecified atom stereocenters. The van der Waals surface area contributed by atoms with Gasteiger partial charge in [0.15, 0.2) is 0 Å². The molecule has 0 spiro atoms.